The molecule has 0 bridgehead atoms. The van der Waals surface area contributed by atoms with E-state index in [1.807, 2.05) is 13.8 Å². The molecule has 1 fully saturated rings. The van der Waals surface area contributed by atoms with E-state index in [2.05, 4.69) is 11.9 Å². The van der Waals surface area contributed by atoms with Crippen LogP contribution in [0.3, 0.4) is 0 Å². The summed E-state index contributed by atoms with van der Waals surface area (Å²) in [6.07, 6.45) is 1.88. The van der Waals surface area contributed by atoms with Crippen molar-refractivity contribution in [1.82, 2.24) is 4.98 Å². The van der Waals surface area contributed by atoms with Gasteiger partial charge in [0.2, 0.25) is 0 Å². The molecular formula is C32H34N2O8S. The number of aliphatic hydroxyl groups is 1. The number of aromatic nitrogens is 1. The van der Waals surface area contributed by atoms with E-state index in [9.17, 15) is 24.3 Å². The van der Waals surface area contributed by atoms with Crippen LogP contribution in [-0.4, -0.2) is 54.0 Å². The number of Topliss-reactive ketones (excluding diaryl/α,β-unsaturated/α-hetero) is 1. The number of methoxy groups -OCH3 is 1. The maximum absolute atomic E-state index is 13.6. The molecule has 0 spiro atoms. The lowest BCUT2D eigenvalue weighted by Gasteiger charge is -2.23. The van der Waals surface area contributed by atoms with Crippen molar-refractivity contribution in [3.8, 4) is 5.75 Å². The van der Waals surface area contributed by atoms with E-state index in [0.29, 0.717) is 29.2 Å². The van der Waals surface area contributed by atoms with Gasteiger partial charge in [-0.15, -0.1) is 0 Å². The van der Waals surface area contributed by atoms with Gasteiger partial charge in [0.25, 0.3) is 5.78 Å². The normalized spacial score (nSPS) is 16.0. The fourth-order valence-electron chi connectivity index (χ4n) is 4.45. The quantitative estimate of drug-likeness (QED) is 0.0937. The molecule has 1 aliphatic heterocycles. The molecule has 3 aromatic rings. The van der Waals surface area contributed by atoms with Crippen LogP contribution in [0, 0.1) is 12.8 Å². The number of aliphatic hydroxyl groups excluding tert-OH is 1. The first-order valence-corrected chi connectivity index (χ1v) is 14.8. The number of benzene rings is 2. The molecule has 1 unspecified atom stereocenters. The van der Waals surface area contributed by atoms with Crippen molar-refractivity contribution in [2.24, 2.45) is 5.92 Å². The molecule has 0 radical (unpaired) electrons. The van der Waals surface area contributed by atoms with Crippen LogP contribution in [0.2, 0.25) is 0 Å². The number of carbonyl (C=O) groups excluding carboxylic acids is 4. The fraction of sp³-hybridized carbons (Fsp3) is 0.344. The number of nitrogens with zero attached hydrogens (tertiary/aromatic N) is 2. The number of amides is 1. The number of unbranched alkanes of at least 4 members (excludes halogenated alkanes) is 1. The largest absolute Gasteiger partial charge is 0.507 e. The Hall–Kier alpha value is -4.51. The number of rotatable bonds is 11. The molecule has 0 aliphatic carbocycles. The third-order valence-electron chi connectivity index (χ3n) is 6.71. The molecular weight excluding hydrogens is 572 g/mol. The Morgan fingerprint density at radius 1 is 1.02 bits per heavy atom. The first-order chi connectivity index (χ1) is 20.6. The van der Waals surface area contributed by atoms with E-state index in [1.54, 1.807) is 43.3 Å². The number of aryl methyl sites for hydroxylation is 1. The second-order valence-electron chi connectivity index (χ2n) is 10.4. The number of ketones is 1. The van der Waals surface area contributed by atoms with Gasteiger partial charge in [-0.25, -0.2) is 14.6 Å². The van der Waals surface area contributed by atoms with Crippen LogP contribution in [0.5, 0.6) is 5.75 Å². The van der Waals surface area contributed by atoms with Gasteiger partial charge in [-0.1, -0.05) is 50.7 Å². The maximum Gasteiger partial charge on any atom is 0.350 e. The highest BCUT2D eigenvalue weighted by molar-refractivity contribution is 7.17. The van der Waals surface area contributed by atoms with E-state index >= 15 is 0 Å². The predicted molar refractivity (Wildman–Crippen MR) is 161 cm³/mol. The molecule has 1 N–H and O–H groups in total. The predicted octanol–water partition coefficient (Wildman–Crippen LogP) is 5.86. The molecule has 10 nitrogen and oxygen atoms in total. The van der Waals surface area contributed by atoms with Crippen molar-refractivity contribution in [2.75, 3.05) is 25.2 Å². The number of ether oxygens (including phenoxy) is 3. The number of anilines is 1. The van der Waals surface area contributed by atoms with Crippen LogP contribution in [0.1, 0.15) is 76.5 Å². The SMILES string of the molecule is CCCCOc1ccc(C(O)=C2C(=O)C(=O)N(c3nc(C)c(C(=O)OCC(C)C)s3)C2c2ccc(C(=O)OC)cc2)cc1. The highest BCUT2D eigenvalue weighted by Crippen LogP contribution is 2.44. The molecule has 1 amide bonds. The molecule has 0 saturated carbocycles. The van der Waals surface area contributed by atoms with Crippen molar-refractivity contribution in [3.63, 3.8) is 0 Å². The van der Waals surface area contributed by atoms with Gasteiger partial charge in [-0.3, -0.25) is 14.5 Å². The first-order valence-electron chi connectivity index (χ1n) is 13.9. The maximum atomic E-state index is 13.6. The van der Waals surface area contributed by atoms with E-state index < -0.39 is 29.7 Å². The summed E-state index contributed by atoms with van der Waals surface area (Å²) >= 11 is 0.926. The van der Waals surface area contributed by atoms with E-state index in [1.165, 1.54) is 24.1 Å². The summed E-state index contributed by atoms with van der Waals surface area (Å²) in [6.45, 7) is 8.27. The van der Waals surface area contributed by atoms with Gasteiger partial charge in [0, 0.05) is 5.56 Å². The molecule has 1 saturated heterocycles. The first kappa shape index (κ1) is 31.4. The fourth-order valence-corrected chi connectivity index (χ4v) is 5.43. The molecule has 226 valence electrons. The van der Waals surface area contributed by atoms with Crippen LogP contribution in [0.25, 0.3) is 5.76 Å². The minimum Gasteiger partial charge on any atom is -0.507 e. The van der Waals surface area contributed by atoms with Crippen molar-refractivity contribution in [1.29, 1.82) is 0 Å². The second-order valence-corrected chi connectivity index (χ2v) is 11.4. The standard InChI is InChI=1S/C32H34N2O8S/c1-6-7-16-41-23-14-12-21(13-15-23)26(35)24-25(20-8-10-22(11-9-20)30(38)40-5)34(29(37)27(24)36)32-33-19(4)28(43-32)31(39)42-17-18(2)3/h8-15,18,25,35H,6-7,16-17H2,1-5H3. The lowest BCUT2D eigenvalue weighted by Crippen LogP contribution is -2.29. The molecule has 1 aliphatic rings. The Balaban J connectivity index is 1.80. The summed E-state index contributed by atoms with van der Waals surface area (Å²) in [5.74, 6) is -2.62. The summed E-state index contributed by atoms with van der Waals surface area (Å²) in [5, 5.41) is 11.5. The van der Waals surface area contributed by atoms with Gasteiger partial charge in [-0.05, 0) is 61.2 Å². The lowest BCUT2D eigenvalue weighted by molar-refractivity contribution is -0.132. The van der Waals surface area contributed by atoms with Gasteiger partial charge in [0.1, 0.15) is 16.4 Å². The zero-order chi connectivity index (χ0) is 31.3. The van der Waals surface area contributed by atoms with E-state index in [4.69, 9.17) is 14.2 Å². The van der Waals surface area contributed by atoms with Gasteiger partial charge in [0.15, 0.2) is 5.13 Å². The Morgan fingerprint density at radius 2 is 1.67 bits per heavy atom. The Bertz CT molecular complexity index is 1540. The summed E-state index contributed by atoms with van der Waals surface area (Å²) in [4.78, 5) is 57.7. The summed E-state index contributed by atoms with van der Waals surface area (Å²) in [5.41, 5.74) is 1.19. The summed E-state index contributed by atoms with van der Waals surface area (Å²) < 4.78 is 15.9. The van der Waals surface area contributed by atoms with Crippen molar-refractivity contribution >= 4 is 45.9 Å². The number of hydrogen-bond acceptors (Lipinski definition) is 10. The molecule has 4 rings (SSSR count). The third kappa shape index (κ3) is 6.77. The zero-order valence-electron chi connectivity index (χ0n) is 24.7. The lowest BCUT2D eigenvalue weighted by atomic mass is 9.94. The topological polar surface area (TPSA) is 132 Å². The Morgan fingerprint density at radius 3 is 2.28 bits per heavy atom. The van der Waals surface area contributed by atoms with Gasteiger partial charge < -0.3 is 19.3 Å². The third-order valence-corrected chi connectivity index (χ3v) is 7.85. The van der Waals surface area contributed by atoms with Crippen LogP contribution in [0.4, 0.5) is 5.13 Å². The Kier molecular flexibility index (Phi) is 9.97. The molecule has 43 heavy (non-hydrogen) atoms. The summed E-state index contributed by atoms with van der Waals surface area (Å²) in [7, 11) is 1.26. The minimum absolute atomic E-state index is 0.0943. The highest BCUT2D eigenvalue weighted by atomic mass is 32.1. The van der Waals surface area contributed by atoms with Crippen LogP contribution in [-0.2, 0) is 19.1 Å². The average Bonchev–Trinajstić information content (AvgIpc) is 3.51. The van der Waals surface area contributed by atoms with Crippen LogP contribution in [0.15, 0.2) is 54.1 Å². The van der Waals surface area contributed by atoms with E-state index in [0.717, 1.165) is 24.2 Å². The average molecular weight is 607 g/mol. The van der Waals surface area contributed by atoms with Gasteiger partial charge >= 0.3 is 17.8 Å². The van der Waals surface area contributed by atoms with Crippen molar-refractivity contribution in [3.05, 3.63) is 81.4 Å². The van der Waals surface area contributed by atoms with Crippen LogP contribution >= 0.6 is 11.3 Å². The molecule has 1 aromatic heterocycles. The molecule has 2 heterocycles. The molecule has 1 atom stereocenters. The minimum atomic E-state index is -1.10. The zero-order valence-corrected chi connectivity index (χ0v) is 25.5. The summed E-state index contributed by atoms with van der Waals surface area (Å²) in [6, 6.07) is 11.6. The van der Waals surface area contributed by atoms with E-state index in [-0.39, 0.29) is 39.4 Å². The molecule has 11 heteroatoms. The van der Waals surface area contributed by atoms with Crippen LogP contribution < -0.4 is 9.64 Å². The number of hydrogen-bond donors (Lipinski definition) is 1. The Labute approximate surface area is 253 Å². The second kappa shape index (κ2) is 13.6. The van der Waals surface area contributed by atoms with Crippen molar-refractivity contribution in [2.45, 2.75) is 46.6 Å². The van der Waals surface area contributed by atoms with Crippen molar-refractivity contribution < 1.29 is 38.5 Å². The number of thiazole rings is 1. The number of esters is 2. The van der Waals surface area contributed by atoms with Gasteiger partial charge in [-0.2, -0.15) is 0 Å². The van der Waals surface area contributed by atoms with Gasteiger partial charge in [0.05, 0.1) is 43.2 Å². The highest BCUT2D eigenvalue weighted by Gasteiger charge is 2.48. The molecule has 2 aromatic carbocycles. The number of carbonyl (C=O) groups is 4. The smallest absolute Gasteiger partial charge is 0.350 e. The monoisotopic (exact) mass is 606 g/mol.